The van der Waals surface area contributed by atoms with Crippen LogP contribution in [0, 0.1) is 0 Å². The van der Waals surface area contributed by atoms with Gasteiger partial charge in [0, 0.05) is 21.2 Å². The molecule has 1 N–H and O–H groups in total. The molecule has 3 nitrogen and oxygen atoms in total. The molecule has 0 spiro atoms. The maximum absolute atomic E-state index is 12.2. The zero-order valence-corrected chi connectivity index (χ0v) is 14.2. The van der Waals surface area contributed by atoms with Crippen molar-refractivity contribution >= 4 is 44.5 Å². The van der Waals surface area contributed by atoms with E-state index in [4.69, 9.17) is 0 Å². The van der Waals surface area contributed by atoms with Gasteiger partial charge >= 0.3 is 0 Å². The number of nitrogens with one attached hydrogen (secondary N) is 1. The van der Waals surface area contributed by atoms with E-state index in [9.17, 15) is 9.00 Å². The summed E-state index contributed by atoms with van der Waals surface area (Å²) in [5.74, 6) is 0. The molecule has 102 valence electrons. The predicted molar refractivity (Wildman–Crippen MR) is 81.1 cm³/mol. The first kappa shape index (κ1) is 16.0. The third kappa shape index (κ3) is 3.98. The van der Waals surface area contributed by atoms with Crippen molar-refractivity contribution in [3.8, 4) is 0 Å². The molecule has 0 saturated heterocycles. The first-order valence-corrected chi connectivity index (χ1v) is 8.39. The van der Waals surface area contributed by atoms with Crippen molar-refractivity contribution in [2.45, 2.75) is 44.4 Å². The van der Waals surface area contributed by atoms with Gasteiger partial charge < -0.3 is 4.79 Å². The summed E-state index contributed by atoms with van der Waals surface area (Å²) in [5.41, 5.74) is -0.587. The van der Waals surface area contributed by atoms with Gasteiger partial charge in [0.05, 0.1) is 21.3 Å². The maximum atomic E-state index is 12.2. The average Bonchev–Trinajstić information content (AvgIpc) is 2.64. The molecule has 0 fully saturated rings. The number of rotatable bonds is 5. The van der Waals surface area contributed by atoms with Gasteiger partial charge in [0.2, 0.25) is 0 Å². The van der Waals surface area contributed by atoms with E-state index in [0.717, 1.165) is 15.6 Å². The van der Waals surface area contributed by atoms with E-state index in [1.165, 1.54) is 0 Å². The Morgan fingerprint density at radius 2 is 2.06 bits per heavy atom. The van der Waals surface area contributed by atoms with Crippen molar-refractivity contribution in [3.63, 3.8) is 0 Å². The summed E-state index contributed by atoms with van der Waals surface area (Å²) in [5, 5.41) is 1.96. The molecular formula is C12H18BrNO2S2. The Morgan fingerprint density at radius 1 is 1.44 bits per heavy atom. The van der Waals surface area contributed by atoms with E-state index in [2.05, 4.69) is 20.7 Å². The number of aldehydes is 1. The fraction of sp³-hybridized carbons (Fsp3) is 0.583. The number of carbonyl (C=O) groups is 1. The molecule has 1 unspecified atom stereocenters. The minimum Gasteiger partial charge on any atom is -0.303 e. The van der Waals surface area contributed by atoms with Gasteiger partial charge in [-0.25, -0.2) is 8.93 Å². The van der Waals surface area contributed by atoms with Gasteiger partial charge in [0.25, 0.3) is 0 Å². The quantitative estimate of drug-likeness (QED) is 0.826. The number of carbonyl (C=O) groups excluding carboxylic acids is 1. The fourth-order valence-corrected chi connectivity index (χ4v) is 3.85. The number of thiophene rings is 1. The third-order valence-electron chi connectivity index (χ3n) is 2.48. The molecular weight excluding hydrogens is 334 g/mol. The molecule has 0 aliphatic rings. The second-order valence-corrected chi connectivity index (χ2v) is 9.11. The predicted octanol–water partition coefficient (Wildman–Crippen LogP) is 3.37. The summed E-state index contributed by atoms with van der Waals surface area (Å²) in [7, 11) is -1.22. The summed E-state index contributed by atoms with van der Waals surface area (Å²) in [4.78, 5) is 11.9. The second-order valence-electron chi connectivity index (χ2n) is 5.32. The lowest BCUT2D eigenvalue weighted by Crippen LogP contribution is -2.46. The second kappa shape index (κ2) is 5.94. The van der Waals surface area contributed by atoms with Crippen LogP contribution in [0.3, 0.4) is 0 Å². The van der Waals surface area contributed by atoms with Crippen LogP contribution in [0.2, 0.25) is 0 Å². The highest BCUT2D eigenvalue weighted by molar-refractivity contribution is 9.10. The summed E-state index contributed by atoms with van der Waals surface area (Å²) >= 11 is 4.95. The van der Waals surface area contributed by atoms with Crippen LogP contribution in [-0.4, -0.2) is 15.2 Å². The summed E-state index contributed by atoms with van der Waals surface area (Å²) in [6, 6.07) is 1.96. The van der Waals surface area contributed by atoms with Crippen LogP contribution in [0.5, 0.6) is 0 Å². The Labute approximate surface area is 123 Å². The number of hydrogen-bond acceptors (Lipinski definition) is 3. The van der Waals surface area contributed by atoms with E-state index in [1.54, 1.807) is 11.3 Å². The summed E-state index contributed by atoms with van der Waals surface area (Å²) < 4.78 is 15.9. The molecule has 0 radical (unpaired) electrons. The van der Waals surface area contributed by atoms with Gasteiger partial charge in [-0.2, -0.15) is 0 Å². The van der Waals surface area contributed by atoms with Crippen LogP contribution < -0.4 is 4.72 Å². The molecule has 18 heavy (non-hydrogen) atoms. The fourth-order valence-electron chi connectivity index (χ4n) is 1.32. The van der Waals surface area contributed by atoms with Crippen LogP contribution in [0.25, 0.3) is 0 Å². The molecule has 1 rings (SSSR count). The van der Waals surface area contributed by atoms with Crippen molar-refractivity contribution in [1.82, 2.24) is 4.72 Å². The average molecular weight is 352 g/mol. The SMILES string of the molecule is CC(C)(C)S(=O)N[C@@](C)(CC=O)c1cc(Br)cs1. The lowest BCUT2D eigenvalue weighted by Gasteiger charge is -2.31. The Kier molecular flexibility index (Phi) is 5.29. The van der Waals surface area contributed by atoms with Crippen molar-refractivity contribution in [2.75, 3.05) is 0 Å². The van der Waals surface area contributed by atoms with Crippen molar-refractivity contribution in [2.24, 2.45) is 0 Å². The zero-order chi connectivity index (χ0) is 14.0. The first-order valence-electron chi connectivity index (χ1n) is 5.57. The summed E-state index contributed by atoms with van der Waals surface area (Å²) in [6.07, 6.45) is 1.16. The van der Waals surface area contributed by atoms with Gasteiger partial charge in [-0.15, -0.1) is 11.3 Å². The van der Waals surface area contributed by atoms with Crippen molar-refractivity contribution < 1.29 is 9.00 Å². The Hall–Kier alpha value is -0.0400. The molecule has 1 aromatic heterocycles. The molecule has 0 saturated carbocycles. The van der Waals surface area contributed by atoms with E-state index >= 15 is 0 Å². The third-order valence-corrected chi connectivity index (χ3v) is 6.18. The number of hydrogen-bond donors (Lipinski definition) is 1. The molecule has 0 aliphatic carbocycles. The summed E-state index contributed by atoms with van der Waals surface area (Å²) in [6.45, 7) is 7.62. The van der Waals surface area contributed by atoms with Crippen LogP contribution in [0.15, 0.2) is 15.9 Å². The molecule has 0 amide bonds. The molecule has 0 aliphatic heterocycles. The minimum atomic E-state index is -1.22. The van der Waals surface area contributed by atoms with Gasteiger partial charge in [-0.05, 0) is 49.7 Å². The van der Waals surface area contributed by atoms with E-state index < -0.39 is 16.5 Å². The maximum Gasteiger partial charge on any atom is 0.122 e. The number of halogens is 1. The highest BCUT2D eigenvalue weighted by atomic mass is 79.9. The minimum absolute atomic E-state index is 0.293. The Bertz CT molecular complexity index is 453. The standard InChI is InChI=1S/C12H18BrNO2S2/c1-11(2,3)18(16)14-12(4,5-6-15)10-7-9(13)8-17-10/h6-8,14H,5H2,1-4H3/t12-,18?/m0/s1. The first-order chi connectivity index (χ1) is 8.19. The van der Waals surface area contributed by atoms with Gasteiger partial charge in [0.1, 0.15) is 6.29 Å². The molecule has 0 aromatic carbocycles. The monoisotopic (exact) mass is 351 g/mol. The molecule has 1 aromatic rings. The van der Waals surface area contributed by atoms with Gasteiger partial charge in [0.15, 0.2) is 0 Å². The topological polar surface area (TPSA) is 46.2 Å². The zero-order valence-electron chi connectivity index (χ0n) is 11.0. The molecule has 1 heterocycles. The van der Waals surface area contributed by atoms with Gasteiger partial charge in [-0.3, -0.25) is 0 Å². The smallest absolute Gasteiger partial charge is 0.122 e. The van der Waals surface area contributed by atoms with E-state index in [0.29, 0.717) is 6.42 Å². The Morgan fingerprint density at radius 3 is 2.44 bits per heavy atom. The lowest BCUT2D eigenvalue weighted by molar-refractivity contribution is -0.108. The normalized spacial score (nSPS) is 17.2. The molecule has 6 heteroatoms. The van der Waals surface area contributed by atoms with Crippen LogP contribution in [0.4, 0.5) is 0 Å². The van der Waals surface area contributed by atoms with Gasteiger partial charge in [-0.1, -0.05) is 0 Å². The van der Waals surface area contributed by atoms with E-state index in [-0.39, 0.29) is 4.75 Å². The van der Waals surface area contributed by atoms with Crippen molar-refractivity contribution in [1.29, 1.82) is 0 Å². The largest absolute Gasteiger partial charge is 0.303 e. The highest BCUT2D eigenvalue weighted by Gasteiger charge is 2.33. The van der Waals surface area contributed by atoms with E-state index in [1.807, 2.05) is 39.1 Å². The lowest BCUT2D eigenvalue weighted by atomic mass is 9.98. The molecule has 0 bridgehead atoms. The highest BCUT2D eigenvalue weighted by Crippen LogP contribution is 2.33. The van der Waals surface area contributed by atoms with Crippen LogP contribution in [-0.2, 0) is 21.3 Å². The van der Waals surface area contributed by atoms with Crippen molar-refractivity contribution in [3.05, 3.63) is 20.8 Å². The Balaban J connectivity index is 3.01. The van der Waals surface area contributed by atoms with Crippen LogP contribution >= 0.6 is 27.3 Å². The molecule has 2 atom stereocenters. The van der Waals surface area contributed by atoms with Crippen LogP contribution in [0.1, 0.15) is 39.0 Å².